The monoisotopic (exact) mass is 333 g/mol. The molecule has 7 nitrogen and oxygen atoms in total. The van der Waals surface area contributed by atoms with Gasteiger partial charge in [0.15, 0.2) is 0 Å². The van der Waals surface area contributed by atoms with Gasteiger partial charge in [0, 0.05) is 24.0 Å². The van der Waals surface area contributed by atoms with Crippen LogP contribution in [0.25, 0.3) is 0 Å². The number of hydrogen-bond acceptors (Lipinski definition) is 3. The number of nitrogens with two attached hydrogens (primary N) is 1. The first-order valence-electron chi connectivity index (χ1n) is 7.53. The van der Waals surface area contributed by atoms with Crippen molar-refractivity contribution in [3.63, 3.8) is 0 Å². The number of rotatable bonds is 7. The number of amides is 3. The summed E-state index contributed by atoms with van der Waals surface area (Å²) in [5.41, 5.74) is 5.35. The number of nitrogens with zero attached hydrogens (tertiary/aromatic N) is 2. The molecule has 0 saturated carbocycles. The van der Waals surface area contributed by atoms with E-state index < -0.39 is 17.9 Å². The van der Waals surface area contributed by atoms with E-state index >= 15 is 0 Å². The van der Waals surface area contributed by atoms with E-state index in [-0.39, 0.29) is 23.9 Å². The lowest BCUT2D eigenvalue weighted by atomic mass is 10.0. The summed E-state index contributed by atoms with van der Waals surface area (Å²) >= 11 is 0. The molecular weight excluding hydrogens is 313 g/mol. The van der Waals surface area contributed by atoms with Crippen LogP contribution in [0.15, 0.2) is 42.7 Å². The van der Waals surface area contributed by atoms with Crippen LogP contribution in [-0.4, -0.2) is 27.8 Å². The van der Waals surface area contributed by atoms with Gasteiger partial charge in [-0.15, -0.1) is 0 Å². The molecule has 24 heavy (non-hydrogen) atoms. The van der Waals surface area contributed by atoms with E-state index in [0.717, 1.165) is 0 Å². The highest BCUT2D eigenvalue weighted by molar-refractivity contribution is 5.79. The quantitative estimate of drug-likeness (QED) is 0.712. The maximum Gasteiger partial charge on any atom is 0.312 e. The number of halogens is 1. The van der Waals surface area contributed by atoms with Gasteiger partial charge in [0.25, 0.3) is 0 Å². The average molecular weight is 333 g/mol. The van der Waals surface area contributed by atoms with Crippen molar-refractivity contribution in [1.82, 2.24) is 20.4 Å². The second-order valence-electron chi connectivity index (χ2n) is 5.48. The van der Waals surface area contributed by atoms with Crippen molar-refractivity contribution in [1.29, 1.82) is 0 Å². The summed E-state index contributed by atoms with van der Waals surface area (Å²) in [5.74, 6) is -0.828. The molecule has 0 aliphatic carbocycles. The van der Waals surface area contributed by atoms with Crippen LogP contribution in [0.5, 0.6) is 0 Å². The van der Waals surface area contributed by atoms with Crippen LogP contribution >= 0.6 is 0 Å². The molecule has 1 heterocycles. The van der Waals surface area contributed by atoms with Gasteiger partial charge in [-0.1, -0.05) is 18.2 Å². The Bertz CT molecular complexity index is 690. The topological polar surface area (TPSA) is 102 Å². The van der Waals surface area contributed by atoms with Crippen molar-refractivity contribution in [2.24, 2.45) is 5.73 Å². The largest absolute Gasteiger partial charge is 0.352 e. The van der Waals surface area contributed by atoms with E-state index in [1.807, 2.05) is 6.92 Å². The summed E-state index contributed by atoms with van der Waals surface area (Å²) in [4.78, 5) is 23.4. The van der Waals surface area contributed by atoms with E-state index in [0.29, 0.717) is 6.54 Å². The third-order valence-electron chi connectivity index (χ3n) is 3.41. The first-order chi connectivity index (χ1) is 11.5. The van der Waals surface area contributed by atoms with Gasteiger partial charge in [0.05, 0.1) is 19.0 Å². The molecule has 0 fully saturated rings. The molecule has 3 amide bonds. The minimum Gasteiger partial charge on any atom is -0.352 e. The van der Waals surface area contributed by atoms with Crippen LogP contribution in [0.1, 0.15) is 24.9 Å². The summed E-state index contributed by atoms with van der Waals surface area (Å²) in [6, 6.07) is 5.91. The molecule has 0 radical (unpaired) electrons. The van der Waals surface area contributed by atoms with Crippen LogP contribution in [0.2, 0.25) is 0 Å². The zero-order valence-electron chi connectivity index (χ0n) is 13.3. The van der Waals surface area contributed by atoms with E-state index in [4.69, 9.17) is 5.73 Å². The van der Waals surface area contributed by atoms with Gasteiger partial charge < -0.3 is 16.4 Å². The number of nitrogens with one attached hydrogen (secondary N) is 2. The van der Waals surface area contributed by atoms with Crippen LogP contribution < -0.4 is 16.4 Å². The highest BCUT2D eigenvalue weighted by Gasteiger charge is 2.21. The fraction of sp³-hybridized carbons (Fsp3) is 0.312. The second kappa shape index (κ2) is 8.09. The Hall–Kier alpha value is -2.90. The van der Waals surface area contributed by atoms with Gasteiger partial charge in [0.2, 0.25) is 5.91 Å². The number of carbonyl (C=O) groups is 2. The van der Waals surface area contributed by atoms with Gasteiger partial charge in [-0.05, 0) is 19.1 Å². The number of hydrogen-bond donors (Lipinski definition) is 3. The van der Waals surface area contributed by atoms with Crippen molar-refractivity contribution < 1.29 is 14.0 Å². The predicted molar refractivity (Wildman–Crippen MR) is 86.3 cm³/mol. The maximum atomic E-state index is 13.9. The number of primary amides is 1. The Kier molecular flexibility index (Phi) is 5.89. The first kappa shape index (κ1) is 17.5. The molecule has 4 N–H and O–H groups in total. The Morgan fingerprint density at radius 3 is 2.67 bits per heavy atom. The molecule has 2 unspecified atom stereocenters. The summed E-state index contributed by atoms with van der Waals surface area (Å²) in [6.07, 6.45) is 3.33. The van der Waals surface area contributed by atoms with Crippen LogP contribution in [-0.2, 0) is 11.3 Å². The molecule has 0 bridgehead atoms. The number of aromatic nitrogens is 2. The molecule has 0 aliphatic heterocycles. The number of carbonyl (C=O) groups excluding carboxylic acids is 2. The molecule has 0 aliphatic rings. The third kappa shape index (κ3) is 5.08. The van der Waals surface area contributed by atoms with Crippen molar-refractivity contribution in [2.75, 3.05) is 0 Å². The fourth-order valence-electron chi connectivity index (χ4n) is 2.42. The average Bonchev–Trinajstić information content (AvgIpc) is 2.99. The molecule has 2 aromatic rings. The van der Waals surface area contributed by atoms with Crippen LogP contribution in [0.4, 0.5) is 9.18 Å². The van der Waals surface area contributed by atoms with E-state index in [2.05, 4.69) is 15.7 Å². The Labute approximate surface area is 139 Å². The molecule has 128 valence electrons. The van der Waals surface area contributed by atoms with Crippen molar-refractivity contribution in [3.8, 4) is 0 Å². The minimum absolute atomic E-state index is 0.118. The molecule has 8 heteroatoms. The van der Waals surface area contributed by atoms with E-state index in [1.54, 1.807) is 29.2 Å². The highest BCUT2D eigenvalue weighted by Crippen LogP contribution is 2.20. The Morgan fingerprint density at radius 1 is 1.29 bits per heavy atom. The van der Waals surface area contributed by atoms with Gasteiger partial charge in [-0.2, -0.15) is 5.10 Å². The molecular formula is C16H20FN5O2. The number of urea groups is 1. The number of benzene rings is 1. The zero-order chi connectivity index (χ0) is 17.5. The van der Waals surface area contributed by atoms with Gasteiger partial charge >= 0.3 is 6.03 Å². The molecule has 2 rings (SSSR count). The third-order valence-corrected chi connectivity index (χ3v) is 3.41. The Morgan fingerprint density at radius 2 is 2.04 bits per heavy atom. The lowest BCUT2D eigenvalue weighted by molar-refractivity contribution is -0.122. The highest BCUT2D eigenvalue weighted by atomic mass is 19.1. The molecule has 0 saturated heterocycles. The minimum atomic E-state index is -0.833. The van der Waals surface area contributed by atoms with Gasteiger partial charge in [0.1, 0.15) is 5.82 Å². The van der Waals surface area contributed by atoms with Crippen molar-refractivity contribution >= 4 is 11.9 Å². The standard InChI is InChI=1S/C16H20FN5O2/c1-11(10-22-8-4-7-19-22)20-15(23)9-14(21-16(18)24)12-5-2-3-6-13(12)17/h2-8,11,14H,9-10H2,1H3,(H,20,23)(H3,18,21,24). The molecule has 1 aromatic heterocycles. The summed E-state index contributed by atoms with van der Waals surface area (Å²) in [6.45, 7) is 2.34. The fourth-order valence-corrected chi connectivity index (χ4v) is 2.42. The Balaban J connectivity index is 1.99. The van der Waals surface area contributed by atoms with Crippen molar-refractivity contribution in [3.05, 3.63) is 54.1 Å². The van der Waals surface area contributed by atoms with Crippen molar-refractivity contribution in [2.45, 2.75) is 32.0 Å². The van der Waals surface area contributed by atoms with E-state index in [9.17, 15) is 14.0 Å². The second-order valence-corrected chi connectivity index (χ2v) is 5.48. The molecule has 2 atom stereocenters. The first-order valence-corrected chi connectivity index (χ1v) is 7.53. The lowest BCUT2D eigenvalue weighted by Crippen LogP contribution is -2.40. The smallest absolute Gasteiger partial charge is 0.312 e. The zero-order valence-corrected chi connectivity index (χ0v) is 13.3. The van der Waals surface area contributed by atoms with Crippen LogP contribution in [0.3, 0.4) is 0 Å². The van der Waals surface area contributed by atoms with E-state index in [1.165, 1.54) is 18.2 Å². The summed E-state index contributed by atoms with van der Waals surface area (Å²) < 4.78 is 15.6. The summed E-state index contributed by atoms with van der Waals surface area (Å²) in [7, 11) is 0. The molecule has 1 aromatic carbocycles. The normalized spacial score (nSPS) is 13.1. The van der Waals surface area contributed by atoms with Crippen LogP contribution in [0, 0.1) is 5.82 Å². The van der Waals surface area contributed by atoms with Gasteiger partial charge in [-0.3, -0.25) is 9.48 Å². The van der Waals surface area contributed by atoms with Gasteiger partial charge in [-0.25, -0.2) is 9.18 Å². The SMILES string of the molecule is CC(Cn1cccn1)NC(=O)CC(NC(N)=O)c1ccccc1F. The predicted octanol–water partition coefficient (Wildman–Crippen LogP) is 1.33. The molecule has 0 spiro atoms. The summed E-state index contributed by atoms with van der Waals surface area (Å²) in [5, 5.41) is 9.27. The lowest BCUT2D eigenvalue weighted by Gasteiger charge is -2.20. The maximum absolute atomic E-state index is 13.9.